The molecule has 2 aliphatic rings. The Morgan fingerprint density at radius 1 is 1.09 bits per heavy atom. The van der Waals surface area contributed by atoms with E-state index in [0.717, 1.165) is 48.1 Å². The highest BCUT2D eigenvalue weighted by Crippen LogP contribution is 2.45. The molecule has 3 aromatic rings. The molecule has 0 saturated heterocycles. The highest BCUT2D eigenvalue weighted by molar-refractivity contribution is 7.92. The van der Waals surface area contributed by atoms with E-state index in [1.54, 1.807) is 24.3 Å². The number of fused-ring (bicyclic) bond motifs is 5. The lowest BCUT2D eigenvalue weighted by molar-refractivity contribution is 0.214. The molecule has 0 unspecified atom stereocenters. The van der Waals surface area contributed by atoms with Gasteiger partial charge in [-0.1, -0.05) is 23.7 Å². The number of nitriles is 1. The van der Waals surface area contributed by atoms with Crippen LogP contribution in [0, 0.1) is 11.3 Å². The Kier molecular flexibility index (Phi) is 5.76. The number of aromatic hydroxyl groups is 1. The van der Waals surface area contributed by atoms with E-state index in [2.05, 4.69) is 16.7 Å². The zero-order valence-electron chi connectivity index (χ0n) is 18.6. The smallest absolute Gasteiger partial charge is 0.261 e. The topological polar surface area (TPSA) is 93.4 Å². The van der Waals surface area contributed by atoms with Gasteiger partial charge in [0.2, 0.25) is 0 Å². The number of benzene rings is 3. The van der Waals surface area contributed by atoms with Crippen molar-refractivity contribution in [2.45, 2.75) is 36.1 Å². The number of likely N-dealkylation sites (N-methyl/N-ethyl adjacent to an activating group) is 1. The maximum Gasteiger partial charge on any atom is 0.261 e. The molecule has 0 spiro atoms. The van der Waals surface area contributed by atoms with Crippen molar-refractivity contribution in [3.05, 3.63) is 87.4 Å². The van der Waals surface area contributed by atoms with Gasteiger partial charge in [-0.3, -0.25) is 4.72 Å². The van der Waals surface area contributed by atoms with Gasteiger partial charge in [-0.2, -0.15) is 5.26 Å². The van der Waals surface area contributed by atoms with E-state index in [-0.39, 0.29) is 22.6 Å². The molecule has 6 nitrogen and oxygen atoms in total. The third-order valence-corrected chi connectivity index (χ3v) is 8.62. The van der Waals surface area contributed by atoms with Crippen molar-refractivity contribution in [2.75, 3.05) is 18.3 Å². The molecule has 0 saturated carbocycles. The second kappa shape index (κ2) is 8.62. The molecule has 0 bridgehead atoms. The molecule has 1 aliphatic carbocycles. The molecule has 0 aromatic heterocycles. The predicted octanol–water partition coefficient (Wildman–Crippen LogP) is 4.65. The number of nitrogens with zero attached hydrogens (tertiary/aromatic N) is 2. The minimum absolute atomic E-state index is 0.0519. The van der Waals surface area contributed by atoms with Gasteiger partial charge in [0.15, 0.2) is 0 Å². The van der Waals surface area contributed by atoms with Gasteiger partial charge in [0.1, 0.15) is 5.75 Å². The minimum Gasteiger partial charge on any atom is -0.506 e. The van der Waals surface area contributed by atoms with Gasteiger partial charge >= 0.3 is 0 Å². The van der Waals surface area contributed by atoms with Crippen molar-refractivity contribution in [2.24, 2.45) is 0 Å². The summed E-state index contributed by atoms with van der Waals surface area (Å²) >= 11 is 6.22. The summed E-state index contributed by atoms with van der Waals surface area (Å²) < 4.78 is 28.5. The number of sulfonamides is 1. The number of nitrogens with one attached hydrogen (secondary N) is 1. The summed E-state index contributed by atoms with van der Waals surface area (Å²) in [7, 11) is -1.69. The zero-order valence-corrected chi connectivity index (χ0v) is 20.2. The Morgan fingerprint density at radius 2 is 1.88 bits per heavy atom. The van der Waals surface area contributed by atoms with Gasteiger partial charge in [0.05, 0.1) is 21.6 Å². The van der Waals surface area contributed by atoms with Crippen LogP contribution >= 0.6 is 11.6 Å². The van der Waals surface area contributed by atoms with E-state index in [0.29, 0.717) is 16.3 Å². The van der Waals surface area contributed by atoms with Crippen LogP contribution < -0.4 is 4.72 Å². The summed E-state index contributed by atoms with van der Waals surface area (Å²) in [6.45, 7) is 0.907. The van der Waals surface area contributed by atoms with Gasteiger partial charge in [-0.05, 0) is 91.0 Å². The fraction of sp³-hybridized carbons (Fsp3) is 0.269. The van der Waals surface area contributed by atoms with Crippen molar-refractivity contribution >= 4 is 27.3 Å². The zero-order chi connectivity index (χ0) is 24.0. The number of anilines is 1. The summed E-state index contributed by atoms with van der Waals surface area (Å²) in [4.78, 5) is 2.42. The molecule has 34 heavy (non-hydrogen) atoms. The molecule has 2 atom stereocenters. The van der Waals surface area contributed by atoms with Crippen molar-refractivity contribution < 1.29 is 13.5 Å². The third kappa shape index (κ3) is 4.03. The molecule has 0 radical (unpaired) electrons. The van der Waals surface area contributed by atoms with Crippen molar-refractivity contribution in [1.82, 2.24) is 4.90 Å². The van der Waals surface area contributed by atoms with Gasteiger partial charge in [0, 0.05) is 24.2 Å². The van der Waals surface area contributed by atoms with Gasteiger partial charge < -0.3 is 10.0 Å². The summed E-state index contributed by atoms with van der Waals surface area (Å²) in [5.41, 5.74) is 5.22. The third-order valence-electron chi connectivity index (χ3n) is 6.94. The van der Waals surface area contributed by atoms with Crippen molar-refractivity contribution in [1.29, 1.82) is 5.26 Å². The first-order valence-corrected chi connectivity index (χ1v) is 13.0. The monoisotopic (exact) mass is 493 g/mol. The van der Waals surface area contributed by atoms with Crippen LogP contribution in [0.15, 0.2) is 59.5 Å². The Labute approximate surface area is 204 Å². The molecule has 1 aliphatic heterocycles. The number of hydrogen-bond donors (Lipinski definition) is 2. The second-order valence-electron chi connectivity index (χ2n) is 8.98. The van der Waals surface area contributed by atoms with Crippen LogP contribution in [0.25, 0.3) is 0 Å². The Balaban J connectivity index is 1.53. The summed E-state index contributed by atoms with van der Waals surface area (Å²) in [6.07, 6.45) is 2.61. The van der Waals surface area contributed by atoms with Crippen LogP contribution in [-0.4, -0.2) is 38.1 Å². The number of phenols is 1. The lowest BCUT2D eigenvalue weighted by Crippen LogP contribution is -2.39. The van der Waals surface area contributed by atoms with Crippen LogP contribution in [-0.2, 0) is 22.9 Å². The molecule has 3 aromatic carbocycles. The quantitative estimate of drug-likeness (QED) is 0.553. The van der Waals surface area contributed by atoms with E-state index in [1.165, 1.54) is 12.1 Å². The van der Waals surface area contributed by atoms with Crippen molar-refractivity contribution in [3.8, 4) is 11.8 Å². The number of rotatable bonds is 3. The Hall–Kier alpha value is -3.05. The van der Waals surface area contributed by atoms with E-state index >= 15 is 0 Å². The van der Waals surface area contributed by atoms with Crippen LogP contribution in [0.4, 0.5) is 5.69 Å². The maximum atomic E-state index is 12.9. The first-order chi connectivity index (χ1) is 16.3. The summed E-state index contributed by atoms with van der Waals surface area (Å²) in [6, 6.07) is 17.6. The van der Waals surface area contributed by atoms with Gasteiger partial charge in [-0.15, -0.1) is 0 Å². The first-order valence-electron chi connectivity index (χ1n) is 11.1. The predicted molar refractivity (Wildman–Crippen MR) is 132 cm³/mol. The normalized spacial score (nSPS) is 19.8. The highest BCUT2D eigenvalue weighted by Gasteiger charge is 2.37. The minimum atomic E-state index is -3.83. The molecular weight excluding hydrogens is 470 g/mol. The number of halogens is 1. The molecule has 174 valence electrons. The Morgan fingerprint density at radius 3 is 2.68 bits per heavy atom. The summed E-state index contributed by atoms with van der Waals surface area (Å²) in [5.74, 6) is 0.146. The standard InChI is InChI=1S/C26H24ClN3O3S/c1-30-10-9-18-13-23(27)25(31)14-22(18)26-21-7-6-19(12-17(21)5-8-24(26)30)29-34(32,33)20-4-2-3-16(11-20)15-28/h2-4,6-7,11-14,24,26,29,31H,5,8-10H2,1H3/t24-,26+/m0/s1. The molecule has 0 fully saturated rings. The highest BCUT2D eigenvalue weighted by atomic mass is 35.5. The molecular formula is C26H24ClN3O3S. The van der Waals surface area contributed by atoms with Crippen LogP contribution in [0.3, 0.4) is 0 Å². The lowest BCUT2D eigenvalue weighted by Gasteiger charge is -2.38. The lowest BCUT2D eigenvalue weighted by atomic mass is 9.74. The molecule has 1 heterocycles. The molecule has 2 N–H and O–H groups in total. The average Bonchev–Trinajstić information content (AvgIpc) is 2.96. The van der Waals surface area contributed by atoms with Gasteiger partial charge in [-0.25, -0.2) is 8.42 Å². The molecule has 0 amide bonds. The molecule has 8 heteroatoms. The number of phenolic OH excluding ortho intramolecular Hbond substituents is 1. The first kappa shape index (κ1) is 22.7. The van der Waals surface area contributed by atoms with Gasteiger partial charge in [0.25, 0.3) is 10.0 Å². The van der Waals surface area contributed by atoms with E-state index in [1.807, 2.05) is 24.3 Å². The van der Waals surface area contributed by atoms with Crippen LogP contribution in [0.5, 0.6) is 5.75 Å². The number of hydrogen-bond acceptors (Lipinski definition) is 5. The van der Waals surface area contributed by atoms with Crippen molar-refractivity contribution in [3.63, 3.8) is 0 Å². The molecule has 5 rings (SSSR count). The van der Waals surface area contributed by atoms with Crippen LogP contribution in [0.1, 0.15) is 40.2 Å². The maximum absolute atomic E-state index is 12.9. The largest absolute Gasteiger partial charge is 0.506 e. The van der Waals surface area contributed by atoms with E-state index in [4.69, 9.17) is 16.9 Å². The van der Waals surface area contributed by atoms with E-state index < -0.39 is 10.0 Å². The average molecular weight is 494 g/mol. The second-order valence-corrected chi connectivity index (χ2v) is 11.1. The Bertz CT molecular complexity index is 1430. The number of aryl methyl sites for hydroxylation is 1. The summed E-state index contributed by atoms with van der Waals surface area (Å²) in [5, 5.41) is 19.8. The SMILES string of the molecule is CN1CCc2cc(Cl)c(O)cc2[C@H]2c3ccc(NS(=O)(=O)c4cccc(C#N)c4)cc3CC[C@@H]21. The van der Waals surface area contributed by atoms with Crippen LogP contribution in [0.2, 0.25) is 5.02 Å². The van der Waals surface area contributed by atoms with E-state index in [9.17, 15) is 13.5 Å². The fourth-order valence-electron chi connectivity index (χ4n) is 5.25. The fourth-order valence-corrected chi connectivity index (χ4v) is 6.53.